The number of hydrogen-bond donors (Lipinski definition) is 2. The molecule has 1 fully saturated rings. The van der Waals surface area contributed by atoms with Gasteiger partial charge in [-0.25, -0.2) is 0 Å². The van der Waals surface area contributed by atoms with Crippen LogP contribution in [-0.2, 0) is 0 Å². The van der Waals surface area contributed by atoms with Crippen LogP contribution in [0.2, 0.25) is 0 Å². The molecule has 1 unspecified atom stereocenters. The molecular weight excluding hydrogens is 232 g/mol. The predicted octanol–water partition coefficient (Wildman–Crippen LogP) is 0.576. The van der Waals surface area contributed by atoms with Crippen LogP contribution >= 0.6 is 0 Å². The van der Waals surface area contributed by atoms with Gasteiger partial charge in [-0.1, -0.05) is 0 Å². The highest BCUT2D eigenvalue weighted by Crippen LogP contribution is 2.36. The molecule has 5 heteroatoms. The molecule has 98 valence electrons. The molecule has 2 heterocycles. The van der Waals surface area contributed by atoms with Gasteiger partial charge in [-0.05, 0) is 25.1 Å². The smallest absolute Gasteiger partial charge is 0.231 e. The SMILES string of the molecule is OCC1CNCCCN1c1ccc2c(c1)OCO2. The molecule has 0 aliphatic carbocycles. The molecule has 2 aliphatic rings. The number of aliphatic hydroxyl groups is 1. The lowest BCUT2D eigenvalue weighted by molar-refractivity contribution is 0.174. The highest BCUT2D eigenvalue weighted by atomic mass is 16.7. The third-order valence-electron chi connectivity index (χ3n) is 3.47. The Bertz CT molecular complexity index is 425. The zero-order valence-electron chi connectivity index (χ0n) is 10.3. The second-order valence-corrected chi connectivity index (χ2v) is 4.63. The Morgan fingerprint density at radius 3 is 3.11 bits per heavy atom. The number of rotatable bonds is 2. The number of nitrogens with one attached hydrogen (secondary N) is 1. The molecule has 0 bridgehead atoms. The molecule has 1 atom stereocenters. The van der Waals surface area contributed by atoms with E-state index in [-0.39, 0.29) is 12.6 Å². The van der Waals surface area contributed by atoms with Crippen molar-refractivity contribution in [2.45, 2.75) is 12.5 Å². The Labute approximate surface area is 106 Å². The van der Waals surface area contributed by atoms with Gasteiger partial charge in [0, 0.05) is 24.8 Å². The molecule has 5 nitrogen and oxygen atoms in total. The third kappa shape index (κ3) is 2.11. The number of benzene rings is 1. The van der Waals surface area contributed by atoms with Crippen LogP contribution < -0.4 is 19.7 Å². The van der Waals surface area contributed by atoms with Crippen molar-refractivity contribution in [3.05, 3.63) is 18.2 Å². The van der Waals surface area contributed by atoms with Gasteiger partial charge in [0.15, 0.2) is 11.5 Å². The quantitative estimate of drug-likeness (QED) is 0.804. The highest BCUT2D eigenvalue weighted by Gasteiger charge is 2.22. The van der Waals surface area contributed by atoms with Gasteiger partial charge in [-0.2, -0.15) is 0 Å². The summed E-state index contributed by atoms with van der Waals surface area (Å²) < 4.78 is 10.7. The van der Waals surface area contributed by atoms with E-state index in [9.17, 15) is 5.11 Å². The van der Waals surface area contributed by atoms with Crippen molar-refractivity contribution in [1.82, 2.24) is 5.32 Å². The minimum atomic E-state index is 0.118. The maximum atomic E-state index is 9.50. The van der Waals surface area contributed by atoms with Crippen LogP contribution in [0.15, 0.2) is 18.2 Å². The summed E-state index contributed by atoms with van der Waals surface area (Å²) in [4.78, 5) is 2.24. The minimum absolute atomic E-state index is 0.118. The summed E-state index contributed by atoms with van der Waals surface area (Å²) in [6, 6.07) is 6.08. The molecule has 2 aliphatic heterocycles. The van der Waals surface area contributed by atoms with Crippen molar-refractivity contribution < 1.29 is 14.6 Å². The first-order valence-corrected chi connectivity index (χ1v) is 6.36. The van der Waals surface area contributed by atoms with Crippen LogP contribution in [0.4, 0.5) is 5.69 Å². The zero-order valence-corrected chi connectivity index (χ0v) is 10.3. The van der Waals surface area contributed by atoms with Gasteiger partial charge in [-0.3, -0.25) is 0 Å². The van der Waals surface area contributed by atoms with E-state index in [1.807, 2.05) is 18.2 Å². The van der Waals surface area contributed by atoms with Crippen LogP contribution in [0.5, 0.6) is 11.5 Å². The normalized spacial score (nSPS) is 22.9. The fraction of sp³-hybridized carbons (Fsp3) is 0.538. The van der Waals surface area contributed by atoms with E-state index in [2.05, 4.69) is 10.2 Å². The maximum absolute atomic E-state index is 9.50. The first-order chi connectivity index (χ1) is 8.88. The van der Waals surface area contributed by atoms with Crippen LogP contribution in [0.1, 0.15) is 6.42 Å². The Hall–Kier alpha value is -1.46. The predicted molar refractivity (Wildman–Crippen MR) is 68.3 cm³/mol. The standard InChI is InChI=1S/C13H18N2O3/c16-8-11-7-14-4-1-5-15(11)10-2-3-12-13(6-10)18-9-17-12/h2-3,6,11,14,16H,1,4-5,7-9H2. The van der Waals surface area contributed by atoms with Crippen molar-refractivity contribution in [2.24, 2.45) is 0 Å². The third-order valence-corrected chi connectivity index (χ3v) is 3.47. The second kappa shape index (κ2) is 5.04. The summed E-state index contributed by atoms with van der Waals surface area (Å²) in [5, 5.41) is 12.8. The molecule has 1 aromatic carbocycles. The average molecular weight is 250 g/mol. The van der Waals surface area contributed by atoms with Crippen molar-refractivity contribution >= 4 is 5.69 Å². The van der Waals surface area contributed by atoms with E-state index >= 15 is 0 Å². The van der Waals surface area contributed by atoms with Gasteiger partial charge in [-0.15, -0.1) is 0 Å². The molecule has 1 aromatic rings. The molecule has 0 saturated carbocycles. The fourth-order valence-electron chi connectivity index (χ4n) is 2.50. The maximum Gasteiger partial charge on any atom is 0.231 e. The Morgan fingerprint density at radius 1 is 1.33 bits per heavy atom. The van der Waals surface area contributed by atoms with Crippen molar-refractivity contribution in [3.8, 4) is 11.5 Å². The Morgan fingerprint density at radius 2 is 2.22 bits per heavy atom. The summed E-state index contributed by atoms with van der Waals surface area (Å²) in [7, 11) is 0. The molecule has 1 saturated heterocycles. The van der Waals surface area contributed by atoms with E-state index in [0.29, 0.717) is 6.79 Å². The Kier molecular flexibility index (Phi) is 3.25. The molecule has 3 rings (SSSR count). The van der Waals surface area contributed by atoms with E-state index in [1.165, 1.54) is 0 Å². The van der Waals surface area contributed by atoms with Gasteiger partial charge >= 0.3 is 0 Å². The van der Waals surface area contributed by atoms with Crippen molar-refractivity contribution in [2.75, 3.05) is 37.9 Å². The van der Waals surface area contributed by atoms with Crippen LogP contribution in [0.3, 0.4) is 0 Å². The lowest BCUT2D eigenvalue weighted by Crippen LogP contribution is -2.42. The van der Waals surface area contributed by atoms with Crippen LogP contribution in [-0.4, -0.2) is 44.2 Å². The van der Waals surface area contributed by atoms with Gasteiger partial charge in [0.2, 0.25) is 6.79 Å². The molecular formula is C13H18N2O3. The first-order valence-electron chi connectivity index (χ1n) is 6.36. The molecule has 18 heavy (non-hydrogen) atoms. The zero-order chi connectivity index (χ0) is 12.4. The van der Waals surface area contributed by atoms with E-state index in [4.69, 9.17) is 9.47 Å². The lowest BCUT2D eigenvalue weighted by atomic mass is 10.2. The number of ether oxygens (including phenoxy) is 2. The summed E-state index contributed by atoms with van der Waals surface area (Å²) >= 11 is 0. The summed E-state index contributed by atoms with van der Waals surface area (Å²) in [6.45, 7) is 3.20. The number of fused-ring (bicyclic) bond motifs is 1. The number of aliphatic hydroxyl groups excluding tert-OH is 1. The minimum Gasteiger partial charge on any atom is -0.454 e. The number of nitrogens with zero attached hydrogens (tertiary/aromatic N) is 1. The van der Waals surface area contributed by atoms with Crippen molar-refractivity contribution in [3.63, 3.8) is 0 Å². The highest BCUT2D eigenvalue weighted by molar-refractivity contribution is 5.57. The Balaban J connectivity index is 1.87. The molecule has 0 radical (unpaired) electrons. The summed E-state index contributed by atoms with van der Waals surface area (Å²) in [5.74, 6) is 1.59. The van der Waals surface area contributed by atoms with Crippen LogP contribution in [0.25, 0.3) is 0 Å². The summed E-state index contributed by atoms with van der Waals surface area (Å²) in [6.07, 6.45) is 1.07. The molecule has 0 amide bonds. The monoisotopic (exact) mass is 250 g/mol. The van der Waals surface area contributed by atoms with Gasteiger partial charge < -0.3 is 24.8 Å². The van der Waals surface area contributed by atoms with Crippen LogP contribution in [0, 0.1) is 0 Å². The van der Waals surface area contributed by atoms with E-state index in [0.717, 1.165) is 43.2 Å². The van der Waals surface area contributed by atoms with E-state index in [1.54, 1.807) is 0 Å². The number of hydrogen-bond acceptors (Lipinski definition) is 5. The average Bonchev–Trinajstić information content (AvgIpc) is 2.74. The van der Waals surface area contributed by atoms with Crippen molar-refractivity contribution in [1.29, 1.82) is 0 Å². The molecule has 0 aromatic heterocycles. The van der Waals surface area contributed by atoms with Gasteiger partial charge in [0.05, 0.1) is 12.6 Å². The first kappa shape index (κ1) is 11.6. The second-order valence-electron chi connectivity index (χ2n) is 4.63. The largest absolute Gasteiger partial charge is 0.454 e. The van der Waals surface area contributed by atoms with Gasteiger partial charge in [0.1, 0.15) is 0 Å². The molecule has 0 spiro atoms. The fourth-order valence-corrected chi connectivity index (χ4v) is 2.50. The van der Waals surface area contributed by atoms with Gasteiger partial charge in [0.25, 0.3) is 0 Å². The van der Waals surface area contributed by atoms with E-state index < -0.39 is 0 Å². The lowest BCUT2D eigenvalue weighted by Gasteiger charge is -2.30. The summed E-state index contributed by atoms with van der Waals surface area (Å²) in [5.41, 5.74) is 1.09. The number of anilines is 1. The molecule has 2 N–H and O–H groups in total. The topological polar surface area (TPSA) is 54.0 Å².